The zero-order valence-corrected chi connectivity index (χ0v) is 84.4. The molecule has 3 fully saturated rings. The first-order valence-electron chi connectivity index (χ1n) is 47.0. The fraction of sp³-hybridized carbons (Fsp3) is 0.346. The zero-order chi connectivity index (χ0) is 101. The van der Waals surface area contributed by atoms with Crippen LogP contribution in [-0.2, 0) is 9.59 Å². The van der Waals surface area contributed by atoms with Crippen molar-refractivity contribution in [1.29, 1.82) is 0 Å². The van der Waals surface area contributed by atoms with E-state index < -0.39 is 5.97 Å². The summed E-state index contributed by atoms with van der Waals surface area (Å²) in [6.45, 7) is 23.7. The van der Waals surface area contributed by atoms with E-state index in [0.29, 0.717) is 103 Å². The molecule has 33 nitrogen and oxygen atoms in total. The maximum atomic E-state index is 12.9. The molecule has 14 aromatic rings. The van der Waals surface area contributed by atoms with Crippen LogP contribution in [-0.4, -0.2) is 180 Å². The quantitative estimate of drug-likeness (QED) is 0.0152. The highest BCUT2D eigenvalue weighted by Gasteiger charge is 2.28. The van der Waals surface area contributed by atoms with E-state index in [1.54, 1.807) is 69.8 Å². The molecule has 3 aliphatic rings. The standard InChI is InChI=1S/C33H40N8O2.C23H33N7.C15H16ClN5.C10H9NO3.C9H9Cl2N3.C8H18N2.C6H8N2/c1-6-31(42)37-24-12-10-22(11-13-24)33(43)38-26-9-7-8-25(18-26)36-30-19-29(35-23-14-16-27(17-15-23)40(4)5)39-32-28(21(2)3)20-34-41(30)32;1-15(2)20-14-25-30-22(27-18-7-5-6-16(24)12-18)13-21(28-23(20)30)26-17-8-10-19(11-9-17)29(3)4;1-9(2)12-8-18-21-14(7-13(16)20-15(12)21)19-11-5-3-4-10(17)6-11;1-2-9(12)11-8-5-3-7(4-6-8)10(13)14;1-5(2)6-4-12-14-8(11)3-7(10)13-9(6)14;1-10(2)8-5-3-7(9)4-6-8;7-5-2-1-3-6(8)4-5/h6-13,18-21,23,27,36H,1,14-17H2,2-5H3,(H,35,39)(H,37,42)(H,38,43);5-7,12-15,17,19,27H,8-11,24H2,1-4H3,(H,26,28);3-9,19H,17H2,1-2H3;2-6H,1H2,(H,11,12)(H,13,14);3-5H,1-2H3;7-8H,3-6,9H2,1-2H3;1-4H,7-8H2. The molecule has 0 spiro atoms. The van der Waals surface area contributed by atoms with Crippen molar-refractivity contribution in [3.8, 4) is 0 Å². The predicted octanol–water partition coefficient (Wildman–Crippen LogP) is 20.9. The molecule has 0 unspecified atom stereocenters. The van der Waals surface area contributed by atoms with Crippen LogP contribution in [0.15, 0.2) is 220 Å². The smallest absolute Gasteiger partial charge is 0.335 e. The van der Waals surface area contributed by atoms with Crippen LogP contribution < -0.4 is 71.2 Å². The summed E-state index contributed by atoms with van der Waals surface area (Å²) in [5, 5.41) is 53.5. The lowest BCUT2D eigenvalue weighted by atomic mass is 9.90. The number of carboxylic acids is 1. The number of fused-ring (bicyclic) bond motifs is 4. The fourth-order valence-electron chi connectivity index (χ4n) is 16.3. The molecule has 19 N–H and O–H groups in total. The lowest BCUT2D eigenvalue weighted by Crippen LogP contribution is -2.36. The maximum Gasteiger partial charge on any atom is 0.335 e. The Morgan fingerprint density at radius 1 is 0.386 bits per heavy atom. The van der Waals surface area contributed by atoms with Gasteiger partial charge in [0.25, 0.3) is 5.91 Å². The van der Waals surface area contributed by atoms with E-state index in [-0.39, 0.29) is 29.2 Å². The number of nitrogens with one attached hydrogen (secondary N) is 8. The highest BCUT2D eigenvalue weighted by molar-refractivity contribution is 6.33. The van der Waals surface area contributed by atoms with Crippen molar-refractivity contribution in [3.63, 3.8) is 0 Å². The number of nitrogens with zero attached hydrogens (tertiary/aromatic N) is 15. The SMILES string of the molecule is C=CC(=O)Nc1ccc(C(=O)Nc2cccc(Nc3cc(NC4CCC(N(C)C)CC4)nc4c(C(C)C)cnn34)c2)cc1.C=CC(=O)Nc1ccc(C(=O)O)cc1.CC(C)c1cnn2c(Cl)cc(Cl)nc12.CC(C)c1cnn2c(Nc3cccc(N)c3)cc(Cl)nc12.CC(C)c1cnn2c(Nc3cccc(N)c3)cc(NC3CCC(N(C)C)CC3)nc12.CN(C)C1CCC(N)CC1.Nc1cccc(N)c1. The number of nitrogens with two attached hydrogens (primary N) is 5. The average molecular weight is 1960 g/mol. The zero-order valence-electron chi connectivity index (χ0n) is 82.1. The van der Waals surface area contributed by atoms with Gasteiger partial charge < -0.3 is 91.0 Å². The van der Waals surface area contributed by atoms with Crippen LogP contribution in [0.5, 0.6) is 0 Å². The number of anilines is 15. The summed E-state index contributed by atoms with van der Waals surface area (Å²) >= 11 is 17.9. The van der Waals surface area contributed by atoms with E-state index in [2.05, 4.69) is 198 Å². The Kier molecular flexibility index (Phi) is 38.5. The Bertz CT molecular complexity index is 6470. The molecule has 6 aromatic carbocycles. The third-order valence-corrected chi connectivity index (χ3v) is 24.9. The molecular formula is C104H133Cl3N28O5. The molecule has 0 saturated heterocycles. The van der Waals surface area contributed by atoms with Gasteiger partial charge in [-0.1, -0.05) is 128 Å². The molecule has 8 heterocycles. The predicted molar refractivity (Wildman–Crippen MR) is 573 cm³/mol. The molecule has 3 amide bonds. The van der Waals surface area contributed by atoms with Crippen LogP contribution >= 0.6 is 34.8 Å². The summed E-state index contributed by atoms with van der Waals surface area (Å²) in [5.41, 5.74) is 43.7. The van der Waals surface area contributed by atoms with E-state index in [4.69, 9.17) is 78.5 Å². The highest BCUT2D eigenvalue weighted by atomic mass is 35.5. The van der Waals surface area contributed by atoms with Gasteiger partial charge in [-0.05, 0) is 276 Å². The molecule has 3 saturated carbocycles. The van der Waals surface area contributed by atoms with Gasteiger partial charge in [0.05, 0.1) is 30.4 Å². The second kappa shape index (κ2) is 50.6. The minimum absolute atomic E-state index is 0.182. The van der Waals surface area contributed by atoms with Crippen molar-refractivity contribution in [1.82, 2.24) is 73.1 Å². The number of rotatable bonds is 24. The summed E-state index contributed by atoms with van der Waals surface area (Å²) < 4.78 is 7.06. The van der Waals surface area contributed by atoms with Gasteiger partial charge >= 0.3 is 5.97 Å². The van der Waals surface area contributed by atoms with Crippen LogP contribution in [0.1, 0.15) is 199 Å². The summed E-state index contributed by atoms with van der Waals surface area (Å²) in [4.78, 5) is 71.3. The normalized spacial score (nSPS) is 16.1. The molecule has 0 aliphatic heterocycles. The lowest BCUT2D eigenvalue weighted by Gasteiger charge is -2.33. The lowest BCUT2D eigenvalue weighted by molar-refractivity contribution is -0.112. The number of carbonyl (C=O) groups excluding carboxylic acids is 3. The first-order valence-corrected chi connectivity index (χ1v) is 48.1. The average Bonchev–Trinajstić information content (AvgIpc) is 1.62. The molecule has 140 heavy (non-hydrogen) atoms. The Morgan fingerprint density at radius 2 is 0.707 bits per heavy atom. The number of hydrogen-bond acceptors (Lipinski definition) is 25. The molecule has 0 atom stereocenters. The molecule has 17 rings (SSSR count). The second-order valence-corrected chi connectivity index (χ2v) is 38.0. The van der Waals surface area contributed by atoms with Gasteiger partial charge in [0.15, 0.2) is 22.6 Å². The molecule has 0 bridgehead atoms. The third-order valence-electron chi connectivity index (χ3n) is 24.2. The van der Waals surface area contributed by atoms with Gasteiger partial charge in [-0.3, -0.25) is 14.4 Å². The first kappa shape index (κ1) is 107. The largest absolute Gasteiger partial charge is 0.478 e. The molecule has 36 heteroatoms. The van der Waals surface area contributed by atoms with Crippen molar-refractivity contribution in [2.45, 2.75) is 192 Å². The van der Waals surface area contributed by atoms with Crippen molar-refractivity contribution in [2.75, 3.05) is 108 Å². The van der Waals surface area contributed by atoms with Gasteiger partial charge in [-0.15, -0.1) is 0 Å². The second-order valence-electron chi connectivity index (χ2n) is 36.8. The van der Waals surface area contributed by atoms with Gasteiger partial charge in [0, 0.05) is 145 Å². The number of carboxylic acid groups (broad SMARTS) is 1. The van der Waals surface area contributed by atoms with Crippen molar-refractivity contribution in [2.24, 2.45) is 5.73 Å². The minimum Gasteiger partial charge on any atom is -0.478 e. The van der Waals surface area contributed by atoms with Crippen LogP contribution in [0.4, 0.5) is 86.0 Å². The van der Waals surface area contributed by atoms with Gasteiger partial charge in [-0.2, -0.15) is 33.9 Å². The topological polar surface area (TPSA) is 445 Å². The molecule has 740 valence electrons. The molecule has 3 aliphatic carbocycles. The van der Waals surface area contributed by atoms with Gasteiger partial charge in [0.2, 0.25) is 11.8 Å². The molecule has 8 aromatic heterocycles. The Hall–Kier alpha value is -13.9. The third kappa shape index (κ3) is 30.5. The van der Waals surface area contributed by atoms with Crippen LogP contribution in [0.3, 0.4) is 0 Å². The van der Waals surface area contributed by atoms with Crippen LogP contribution in [0.25, 0.3) is 22.6 Å². The van der Waals surface area contributed by atoms with E-state index in [9.17, 15) is 19.2 Å². The van der Waals surface area contributed by atoms with Gasteiger partial charge in [0.1, 0.15) is 44.5 Å². The van der Waals surface area contributed by atoms with Crippen molar-refractivity contribution in [3.05, 3.63) is 269 Å². The number of aromatic nitrogens is 12. The highest BCUT2D eigenvalue weighted by Crippen LogP contribution is 2.35. The number of halogens is 3. The Morgan fingerprint density at radius 3 is 1.06 bits per heavy atom. The number of benzene rings is 6. The van der Waals surface area contributed by atoms with Crippen LogP contribution in [0, 0.1) is 0 Å². The summed E-state index contributed by atoms with van der Waals surface area (Å²) in [5.74, 6) is 3.55. The van der Waals surface area contributed by atoms with Crippen LogP contribution in [0.2, 0.25) is 15.5 Å². The Balaban J connectivity index is 0.000000168. The van der Waals surface area contributed by atoms with Crippen molar-refractivity contribution < 1.29 is 24.3 Å². The van der Waals surface area contributed by atoms with Gasteiger partial charge in [-0.25, -0.2) is 29.2 Å². The van der Waals surface area contributed by atoms with E-state index in [1.165, 1.54) is 68.9 Å². The first-order chi connectivity index (χ1) is 66.8. The number of nitrogen functional groups attached to an aromatic ring is 4. The summed E-state index contributed by atoms with van der Waals surface area (Å²) in [6.07, 6.45) is 24.0. The van der Waals surface area contributed by atoms with Crippen molar-refractivity contribution >= 4 is 167 Å². The fourth-order valence-corrected chi connectivity index (χ4v) is 16.9. The number of aromatic carboxylic acids is 1. The number of hydrogen-bond donors (Lipinski definition) is 14. The Labute approximate surface area is 833 Å². The monoisotopic (exact) mass is 1960 g/mol. The minimum atomic E-state index is -0.994. The van der Waals surface area contributed by atoms with E-state index >= 15 is 0 Å². The number of amides is 3. The van der Waals surface area contributed by atoms with E-state index in [1.807, 2.05) is 119 Å². The summed E-state index contributed by atoms with van der Waals surface area (Å²) in [6, 6.07) is 53.3. The number of carbonyl (C=O) groups is 4. The summed E-state index contributed by atoms with van der Waals surface area (Å²) in [7, 11) is 13.0. The van der Waals surface area contributed by atoms with E-state index in [0.717, 1.165) is 147 Å². The maximum absolute atomic E-state index is 12.9. The molecular weight excluding hydrogens is 1830 g/mol. The molecule has 0 radical (unpaired) electrons.